The molecule has 0 bridgehead atoms. The van der Waals surface area contributed by atoms with Crippen LogP contribution in [0.3, 0.4) is 0 Å². The highest BCUT2D eigenvalue weighted by atomic mass is 19.2. The van der Waals surface area contributed by atoms with E-state index in [1.54, 1.807) is 39.9 Å². The van der Waals surface area contributed by atoms with Crippen molar-refractivity contribution in [2.24, 2.45) is 17.6 Å². The van der Waals surface area contributed by atoms with E-state index < -0.39 is 110 Å². The van der Waals surface area contributed by atoms with Gasteiger partial charge in [0.15, 0.2) is 0 Å². The third-order valence-corrected chi connectivity index (χ3v) is 16.4. The summed E-state index contributed by atoms with van der Waals surface area (Å²) < 4.78 is 26.2. The largest absolute Gasteiger partial charge is 0.592 e. The lowest BCUT2D eigenvalue weighted by atomic mass is 9.81. The van der Waals surface area contributed by atoms with E-state index in [9.17, 15) is 86.9 Å². The summed E-state index contributed by atoms with van der Waals surface area (Å²) in [6, 6.07) is 7.17. The molecule has 15 N–H and O–H groups in total. The summed E-state index contributed by atoms with van der Waals surface area (Å²) in [6.07, 6.45) is 3.71. The molecule has 0 spiro atoms. The van der Waals surface area contributed by atoms with Crippen molar-refractivity contribution in [2.45, 2.75) is 108 Å². The van der Waals surface area contributed by atoms with E-state index in [4.69, 9.17) is 10.8 Å². The minimum absolute atomic E-state index is 0.0294. The molecule has 2 fully saturated rings. The van der Waals surface area contributed by atoms with Crippen molar-refractivity contribution in [1.29, 1.82) is 0 Å². The van der Waals surface area contributed by atoms with E-state index in [1.807, 2.05) is 42.5 Å². The van der Waals surface area contributed by atoms with E-state index >= 15 is 0 Å². The normalized spacial score (nSPS) is 17.9. The smallest absolute Gasteiger partial charge is 0.481 e. The molecule has 2 aromatic carbocycles. The molecule has 0 radical (unpaired) electrons. The lowest BCUT2D eigenvalue weighted by molar-refractivity contribution is -0.876. The summed E-state index contributed by atoms with van der Waals surface area (Å²) in [7, 11) is 0.765. The monoisotopic (exact) mass is 1330 g/mol. The number of unbranched alkanes of at least 4 members (excludes halogenated alkanes) is 2. The summed E-state index contributed by atoms with van der Waals surface area (Å²) in [5, 5.41) is 77.9. The molecule has 4 rings (SSSR count). The van der Waals surface area contributed by atoms with Crippen molar-refractivity contribution in [1.82, 2.24) is 56.8 Å². The number of nitrogens with one attached hydrogen (secondary N) is 7. The van der Waals surface area contributed by atoms with Gasteiger partial charge in [-0.05, 0) is 92.9 Å². The zero-order chi connectivity index (χ0) is 69.3. The number of carbonyl (C=O) groups excluding carboxylic acids is 5. The summed E-state index contributed by atoms with van der Waals surface area (Å²) in [6.45, 7) is 0.955. The summed E-state index contributed by atoms with van der Waals surface area (Å²) in [4.78, 5) is 145. The van der Waals surface area contributed by atoms with Crippen LogP contribution in [0.1, 0.15) is 82.6 Å². The minimum atomic E-state index is -2.51. The fraction of sp³-hybridized carbons (Fsp3) is 0.623. The first kappa shape index (κ1) is 78.2. The molecule has 1 saturated carbocycles. The van der Waals surface area contributed by atoms with Gasteiger partial charge in [-0.15, -0.1) is 0 Å². The van der Waals surface area contributed by atoms with Crippen LogP contribution < -0.4 is 43.0 Å². The van der Waals surface area contributed by atoms with Crippen LogP contribution in [-0.2, 0) is 54.4 Å². The average molecular weight is 1330 g/mol. The van der Waals surface area contributed by atoms with Crippen LogP contribution in [0.2, 0.25) is 0 Å². The van der Waals surface area contributed by atoms with E-state index in [0.717, 1.165) is 16.3 Å². The van der Waals surface area contributed by atoms with Crippen molar-refractivity contribution >= 4 is 83.5 Å². The van der Waals surface area contributed by atoms with E-state index in [-0.39, 0.29) is 153 Å². The van der Waals surface area contributed by atoms with Gasteiger partial charge >= 0.3 is 49.1 Å². The molecule has 522 valence electrons. The predicted molar refractivity (Wildman–Crippen MR) is 341 cm³/mol. The van der Waals surface area contributed by atoms with Crippen LogP contribution in [0.15, 0.2) is 54.4 Å². The number of quaternary nitrogens is 1. The average Bonchev–Trinajstić information content (AvgIpc) is 0.880. The molecule has 4 atom stereocenters. The van der Waals surface area contributed by atoms with Crippen molar-refractivity contribution in [3.63, 3.8) is 0 Å². The van der Waals surface area contributed by atoms with Gasteiger partial charge in [0.05, 0.1) is 46.0 Å². The number of aliphatic carboxylic acids is 6. The molecule has 6 amide bonds. The van der Waals surface area contributed by atoms with Gasteiger partial charge in [-0.3, -0.25) is 66.6 Å². The molecule has 1 aliphatic carbocycles. The number of likely N-dealkylation sites (N-methyl/N-ethyl adjacent to an activating group) is 1. The number of urea groups is 1. The number of hydrogen-bond donors (Lipinski definition) is 14. The summed E-state index contributed by atoms with van der Waals surface area (Å²) in [5.74, 6) is -9.88. The number of halogens is 2. The fourth-order valence-electron chi connectivity index (χ4n) is 11.3. The maximum atomic E-state index is 14.2. The Balaban J connectivity index is 1.41. The van der Waals surface area contributed by atoms with Crippen molar-refractivity contribution in [3.8, 4) is 0 Å². The highest BCUT2D eigenvalue weighted by Crippen LogP contribution is 2.29. The third-order valence-electron chi connectivity index (χ3n) is 16.4. The van der Waals surface area contributed by atoms with Crippen molar-refractivity contribution in [2.75, 3.05) is 125 Å². The number of carboxylic acid groups (broad SMARTS) is 6. The second-order valence-corrected chi connectivity index (χ2v) is 24.8. The molecule has 1 heterocycles. The molecular formula is C61H95BF2N13O17+. The minimum Gasteiger partial charge on any atom is -0.481 e. The molecule has 0 aromatic heterocycles. The number of carbonyl (C=O) groups is 11. The van der Waals surface area contributed by atoms with Gasteiger partial charge in [0.1, 0.15) is 37.2 Å². The number of fused-ring (bicyclic) bond motifs is 1. The Kier molecular flexibility index (Phi) is 33.9. The van der Waals surface area contributed by atoms with Crippen LogP contribution in [-0.4, -0.2) is 277 Å². The fourth-order valence-corrected chi connectivity index (χ4v) is 11.3. The predicted octanol–water partition coefficient (Wildman–Crippen LogP) is -0.290. The van der Waals surface area contributed by atoms with Crippen LogP contribution in [0, 0.1) is 11.8 Å². The molecule has 0 unspecified atom stereocenters. The number of amides is 6. The Hall–Kier alpha value is -8.27. The van der Waals surface area contributed by atoms with Crippen LogP contribution >= 0.6 is 0 Å². The molecule has 1 saturated heterocycles. The van der Waals surface area contributed by atoms with Gasteiger partial charge in [-0.25, -0.2) is 14.4 Å². The quantitative estimate of drug-likeness (QED) is 0.0232. The number of nitrogens with two attached hydrogens (primary N) is 1. The Bertz CT molecular complexity index is 2860. The van der Waals surface area contributed by atoms with Gasteiger partial charge in [0.2, 0.25) is 23.6 Å². The lowest BCUT2D eigenvalue weighted by Gasteiger charge is -2.33. The topological polar surface area (TPSA) is 432 Å². The Morgan fingerprint density at radius 1 is 0.585 bits per heavy atom. The van der Waals surface area contributed by atoms with Crippen LogP contribution in [0.25, 0.3) is 10.8 Å². The van der Waals surface area contributed by atoms with Crippen LogP contribution in [0.5, 0.6) is 0 Å². The first-order chi connectivity index (χ1) is 44.5. The Morgan fingerprint density at radius 2 is 1.09 bits per heavy atom. The standard InChI is InChI=1S/C61H94BF2N13O17/c1-77(2,40-62(63)64)39-46(65)34-66-21-7-5-11-47(69-51(78)35-73-23-25-74(36-53(81)82)27-29-76(38-55(85)86)30-28-75(26-24-73)37-54(83)84)57(88)68-33-41-13-17-44(18-14-41)56(87)70-50(32-42-15-16-43-9-3-4-10-45(43)31-42)58(89)67-22-8-6-12-48(59(90)91)71-61(94)72-49(60(92)93)19-20-52(79)80/h3-4,9-10,15-16,31,34,41,44,47-50,66H,5-8,11-14,17-30,32-33,35-40,65H2,1-2H3,(H11-,67,68,69,70,71,72,78,79,80,81,82,83,84,85,86,87,88,89,90,91,92,93,94)/p+1/b46-34-/t41?,44?,47-,48-,49-,50-/m0/s1. The molecule has 30 nitrogen and oxygen atoms in total. The maximum Gasteiger partial charge on any atom is 0.592 e. The van der Waals surface area contributed by atoms with Crippen molar-refractivity contribution < 1.29 is 96.5 Å². The lowest BCUT2D eigenvalue weighted by Crippen LogP contribution is -2.52. The van der Waals surface area contributed by atoms with Gasteiger partial charge in [0.25, 0.3) is 0 Å². The SMILES string of the molecule is C[N+](C)(CB(F)F)C/C(N)=C/NCCCC[C@H](NC(=O)CN1CCN(CC(=O)O)CCN(CC(=O)O)CCN(CC(=O)O)CC1)C(=O)NCC1CCC(C(=O)N[C@@H](Cc2ccc3ccccc3c2)C(=O)NCCCC[C@H](NC(=O)N[C@@H](CCC(=O)O)C(=O)O)C(=O)O)CC1. The zero-order valence-electron chi connectivity index (χ0n) is 53.6. The third kappa shape index (κ3) is 31.6. The van der Waals surface area contributed by atoms with Gasteiger partial charge < -0.3 is 78.1 Å². The van der Waals surface area contributed by atoms with E-state index in [0.29, 0.717) is 50.8 Å². The molecule has 33 heteroatoms. The number of benzene rings is 2. The Morgan fingerprint density at radius 3 is 1.61 bits per heavy atom. The van der Waals surface area contributed by atoms with E-state index in [2.05, 4.69) is 37.2 Å². The zero-order valence-corrected chi connectivity index (χ0v) is 53.6. The summed E-state index contributed by atoms with van der Waals surface area (Å²) in [5.41, 5.74) is 7.27. The van der Waals surface area contributed by atoms with Gasteiger partial charge in [-0.2, -0.15) is 0 Å². The number of hydrogen-bond acceptors (Lipinski definition) is 17. The van der Waals surface area contributed by atoms with Gasteiger partial charge in [0, 0.05) is 97.0 Å². The molecule has 2 aromatic rings. The maximum absolute atomic E-state index is 14.2. The number of nitrogens with zero attached hydrogens (tertiary/aromatic N) is 5. The first-order valence-electron chi connectivity index (χ1n) is 31.7. The molecule has 1 aliphatic heterocycles. The van der Waals surface area contributed by atoms with Gasteiger partial charge in [-0.1, -0.05) is 42.5 Å². The van der Waals surface area contributed by atoms with E-state index in [1.165, 1.54) is 0 Å². The molecular weight excluding hydrogens is 1240 g/mol. The van der Waals surface area contributed by atoms with Crippen molar-refractivity contribution in [3.05, 3.63) is 59.9 Å². The van der Waals surface area contributed by atoms with Crippen LogP contribution in [0.4, 0.5) is 13.4 Å². The molecule has 94 heavy (non-hydrogen) atoms. The molecule has 2 aliphatic rings. The number of rotatable bonds is 39. The number of carboxylic acids is 6. The Labute approximate surface area is 545 Å². The highest BCUT2D eigenvalue weighted by molar-refractivity contribution is 6.42. The highest BCUT2D eigenvalue weighted by Gasteiger charge is 2.33. The second kappa shape index (κ2) is 40.8. The summed E-state index contributed by atoms with van der Waals surface area (Å²) >= 11 is 0. The second-order valence-electron chi connectivity index (χ2n) is 24.8. The first-order valence-corrected chi connectivity index (χ1v) is 31.7.